The highest BCUT2D eigenvalue weighted by molar-refractivity contribution is 5.98. The van der Waals surface area contributed by atoms with Crippen LogP contribution in [-0.4, -0.2) is 73.6 Å². The Bertz CT molecular complexity index is 1950. The molecule has 0 bridgehead atoms. The van der Waals surface area contributed by atoms with E-state index in [9.17, 15) is 9.50 Å². The number of halogens is 2. The number of fused-ring (bicyclic) bond motifs is 2. The number of aromatic nitrogens is 6. The van der Waals surface area contributed by atoms with Crippen LogP contribution in [-0.2, 0) is 0 Å². The number of aliphatic hydroxyl groups excluding tert-OH is 1. The third-order valence-corrected chi connectivity index (χ3v) is 7.59. The summed E-state index contributed by atoms with van der Waals surface area (Å²) in [4.78, 5) is 18.6. The van der Waals surface area contributed by atoms with Gasteiger partial charge in [0.05, 0.1) is 28.3 Å². The van der Waals surface area contributed by atoms with Crippen LogP contribution in [0.15, 0.2) is 61.1 Å². The maximum Gasteiger partial charge on any atom is 0.178 e. The SMILES string of the molecule is CCCCC(O)Nc1cncc(-c2ccc3[nH]nc(-c4nc5nccc(-c6cc(F)cc(NCCN(C)C)c6)c5[nH]4)c3c2F)c1. The predicted octanol–water partition coefficient (Wildman–Crippen LogP) is 6.40. The Balaban J connectivity index is 1.36. The quantitative estimate of drug-likeness (QED) is 0.101. The van der Waals surface area contributed by atoms with Crippen LogP contribution in [0.5, 0.6) is 0 Å². The second kappa shape index (κ2) is 13.0. The van der Waals surface area contributed by atoms with E-state index in [-0.39, 0.29) is 16.9 Å². The van der Waals surface area contributed by atoms with Gasteiger partial charge in [0.25, 0.3) is 0 Å². The Labute approximate surface area is 259 Å². The number of hydrogen-bond donors (Lipinski definition) is 5. The normalized spacial score (nSPS) is 12.3. The number of anilines is 2. The van der Waals surface area contributed by atoms with Crippen LogP contribution in [0.1, 0.15) is 26.2 Å². The lowest BCUT2D eigenvalue weighted by atomic mass is 10.0. The Morgan fingerprint density at radius 3 is 2.67 bits per heavy atom. The maximum atomic E-state index is 16.3. The molecule has 10 nitrogen and oxygen atoms in total. The van der Waals surface area contributed by atoms with Gasteiger partial charge in [0.15, 0.2) is 11.5 Å². The number of nitrogens with zero attached hydrogens (tertiary/aromatic N) is 5. The van der Waals surface area contributed by atoms with Crippen molar-refractivity contribution in [2.45, 2.75) is 32.4 Å². The summed E-state index contributed by atoms with van der Waals surface area (Å²) in [6, 6.07) is 11.8. The molecule has 6 rings (SSSR count). The standard InChI is InChI=1S/C33H35F2N9O/c1-4-5-6-27(45)39-23-15-20(17-36-18-23)24-7-8-26-28(29(24)35)31(43-42-26)33-40-30-25(9-10-38-32(30)41-33)19-13-21(34)16-22(14-19)37-11-12-44(2)3/h7-10,13-18,27,37,39,45H,4-6,11-12H2,1-3H3,(H,42,43)(H,38,40,41). The van der Waals surface area contributed by atoms with E-state index in [0.29, 0.717) is 69.1 Å². The molecule has 1 unspecified atom stereocenters. The number of rotatable bonds is 12. The van der Waals surface area contributed by atoms with Crippen LogP contribution in [0.4, 0.5) is 20.2 Å². The fourth-order valence-corrected chi connectivity index (χ4v) is 5.33. The zero-order valence-corrected chi connectivity index (χ0v) is 25.3. The molecular formula is C33H35F2N9O. The molecule has 4 aromatic heterocycles. The topological polar surface area (TPSA) is 131 Å². The molecule has 1 atom stereocenters. The number of nitrogens with one attached hydrogen (secondary N) is 4. The highest BCUT2D eigenvalue weighted by Gasteiger charge is 2.21. The van der Waals surface area contributed by atoms with E-state index in [2.05, 4.69) is 47.7 Å². The van der Waals surface area contributed by atoms with Gasteiger partial charge >= 0.3 is 0 Å². The third kappa shape index (κ3) is 6.47. The van der Waals surface area contributed by atoms with Gasteiger partial charge in [-0.3, -0.25) is 10.1 Å². The first kappa shape index (κ1) is 30.1. The van der Waals surface area contributed by atoms with Gasteiger partial charge in [-0.1, -0.05) is 13.3 Å². The van der Waals surface area contributed by atoms with E-state index in [1.165, 1.54) is 12.1 Å². The van der Waals surface area contributed by atoms with Crippen molar-refractivity contribution in [2.75, 3.05) is 37.8 Å². The highest BCUT2D eigenvalue weighted by Crippen LogP contribution is 2.36. The molecule has 5 N–H and O–H groups in total. The fraction of sp³-hybridized carbons (Fsp3) is 0.273. The van der Waals surface area contributed by atoms with Crippen LogP contribution in [0, 0.1) is 11.6 Å². The van der Waals surface area contributed by atoms with Crippen molar-refractivity contribution < 1.29 is 13.9 Å². The monoisotopic (exact) mass is 611 g/mol. The van der Waals surface area contributed by atoms with Crippen LogP contribution < -0.4 is 10.6 Å². The first-order chi connectivity index (χ1) is 21.8. The molecule has 0 aliphatic heterocycles. The second-order valence-corrected chi connectivity index (χ2v) is 11.3. The van der Waals surface area contributed by atoms with Crippen LogP contribution >= 0.6 is 0 Å². The number of imidazole rings is 1. The summed E-state index contributed by atoms with van der Waals surface area (Å²) in [5, 5.41) is 24.2. The van der Waals surface area contributed by atoms with Crippen molar-refractivity contribution in [1.82, 2.24) is 35.0 Å². The van der Waals surface area contributed by atoms with E-state index >= 15 is 4.39 Å². The van der Waals surface area contributed by atoms with E-state index < -0.39 is 12.0 Å². The Morgan fingerprint density at radius 2 is 1.84 bits per heavy atom. The minimum absolute atomic E-state index is 0.257. The van der Waals surface area contributed by atoms with Crippen molar-refractivity contribution in [2.24, 2.45) is 0 Å². The number of aromatic amines is 2. The smallest absolute Gasteiger partial charge is 0.178 e. The molecule has 0 fully saturated rings. The van der Waals surface area contributed by atoms with Crippen molar-refractivity contribution in [3.8, 4) is 33.8 Å². The molecule has 0 spiro atoms. The summed E-state index contributed by atoms with van der Waals surface area (Å²) in [5.41, 5.74) is 5.23. The van der Waals surface area contributed by atoms with Crippen LogP contribution in [0.2, 0.25) is 0 Å². The van der Waals surface area contributed by atoms with Gasteiger partial charge in [-0.05, 0) is 75.0 Å². The third-order valence-electron chi connectivity index (χ3n) is 7.59. The number of H-pyrrole nitrogens is 2. The molecule has 4 heterocycles. The van der Waals surface area contributed by atoms with Crippen molar-refractivity contribution >= 4 is 33.4 Å². The second-order valence-electron chi connectivity index (χ2n) is 11.3. The lowest BCUT2D eigenvalue weighted by molar-refractivity contribution is 0.190. The number of unbranched alkanes of at least 4 members (excludes halogenated alkanes) is 1. The Kier molecular flexibility index (Phi) is 8.67. The van der Waals surface area contributed by atoms with Crippen LogP contribution in [0.3, 0.4) is 0 Å². The molecule has 232 valence electrons. The van der Waals surface area contributed by atoms with Gasteiger partial charge in [0.2, 0.25) is 0 Å². The molecule has 45 heavy (non-hydrogen) atoms. The van der Waals surface area contributed by atoms with E-state index in [0.717, 1.165) is 19.4 Å². The number of aliphatic hydroxyl groups is 1. The average molecular weight is 612 g/mol. The molecule has 2 aromatic carbocycles. The van der Waals surface area contributed by atoms with Gasteiger partial charge in [0.1, 0.15) is 23.6 Å². The summed E-state index contributed by atoms with van der Waals surface area (Å²) in [5.74, 6) is -0.545. The summed E-state index contributed by atoms with van der Waals surface area (Å²) in [6.45, 7) is 3.52. The van der Waals surface area contributed by atoms with Gasteiger partial charge in [-0.25, -0.2) is 18.7 Å². The molecule has 0 radical (unpaired) electrons. The average Bonchev–Trinajstić information content (AvgIpc) is 3.65. The van der Waals surface area contributed by atoms with Crippen molar-refractivity contribution in [1.29, 1.82) is 0 Å². The zero-order valence-electron chi connectivity index (χ0n) is 25.3. The zero-order chi connectivity index (χ0) is 31.5. The molecular weight excluding hydrogens is 576 g/mol. The van der Waals surface area contributed by atoms with E-state index in [1.807, 2.05) is 25.1 Å². The van der Waals surface area contributed by atoms with Gasteiger partial charge in [-0.2, -0.15) is 5.10 Å². The summed E-state index contributed by atoms with van der Waals surface area (Å²) >= 11 is 0. The lowest BCUT2D eigenvalue weighted by Gasteiger charge is -2.14. The first-order valence-electron chi connectivity index (χ1n) is 14.9. The molecule has 0 saturated heterocycles. The van der Waals surface area contributed by atoms with E-state index in [1.54, 1.807) is 42.9 Å². The number of pyridine rings is 2. The first-order valence-corrected chi connectivity index (χ1v) is 14.9. The van der Waals surface area contributed by atoms with Gasteiger partial charge < -0.3 is 25.6 Å². The predicted molar refractivity (Wildman–Crippen MR) is 174 cm³/mol. The molecule has 0 saturated carbocycles. The molecule has 0 aliphatic rings. The Hall–Kier alpha value is -4.94. The Morgan fingerprint density at radius 1 is 1.00 bits per heavy atom. The molecule has 6 aromatic rings. The number of hydrogen-bond acceptors (Lipinski definition) is 8. The minimum atomic E-state index is -0.723. The maximum absolute atomic E-state index is 16.3. The highest BCUT2D eigenvalue weighted by atomic mass is 19.1. The fourth-order valence-electron chi connectivity index (χ4n) is 5.33. The number of likely N-dealkylation sites (N-methyl/N-ethyl adjacent to an activating group) is 1. The van der Waals surface area contributed by atoms with Crippen molar-refractivity contribution in [3.63, 3.8) is 0 Å². The minimum Gasteiger partial charge on any atom is -0.384 e. The van der Waals surface area contributed by atoms with Gasteiger partial charge in [0, 0.05) is 47.9 Å². The lowest BCUT2D eigenvalue weighted by Crippen LogP contribution is -2.20. The van der Waals surface area contributed by atoms with Gasteiger partial charge in [-0.15, -0.1) is 0 Å². The molecule has 12 heteroatoms. The van der Waals surface area contributed by atoms with Crippen LogP contribution in [0.25, 0.3) is 55.8 Å². The summed E-state index contributed by atoms with van der Waals surface area (Å²) in [6.07, 6.45) is 6.51. The summed E-state index contributed by atoms with van der Waals surface area (Å²) in [7, 11) is 3.96. The largest absolute Gasteiger partial charge is 0.384 e. The van der Waals surface area contributed by atoms with E-state index in [4.69, 9.17) is 0 Å². The molecule has 0 aliphatic carbocycles. The summed E-state index contributed by atoms with van der Waals surface area (Å²) < 4.78 is 31.0. The van der Waals surface area contributed by atoms with Crippen molar-refractivity contribution in [3.05, 3.63) is 72.7 Å². The molecule has 0 amide bonds. The number of benzene rings is 2.